The number of nitrogens with zero attached hydrogens (tertiary/aromatic N) is 2. The summed E-state index contributed by atoms with van der Waals surface area (Å²) in [4.78, 5) is 30.1. The van der Waals surface area contributed by atoms with E-state index >= 15 is 0 Å². The third-order valence-corrected chi connectivity index (χ3v) is 4.43. The van der Waals surface area contributed by atoms with Crippen LogP contribution < -0.4 is 5.32 Å². The SMILES string of the molecule is O=C1NC(=O)C2(CCCCC2)N1CCc1cccnc1. The van der Waals surface area contributed by atoms with E-state index in [4.69, 9.17) is 0 Å². The van der Waals surface area contributed by atoms with Crippen LogP contribution in [0.4, 0.5) is 4.79 Å². The van der Waals surface area contributed by atoms with Gasteiger partial charge in [0.2, 0.25) is 0 Å². The predicted octanol–water partition coefficient (Wildman–Crippen LogP) is 1.88. The molecule has 2 fully saturated rings. The van der Waals surface area contributed by atoms with Crippen molar-refractivity contribution in [3.8, 4) is 0 Å². The molecule has 0 aromatic carbocycles. The summed E-state index contributed by atoms with van der Waals surface area (Å²) in [5.74, 6) is -0.103. The van der Waals surface area contributed by atoms with Gasteiger partial charge >= 0.3 is 6.03 Å². The molecule has 1 N–H and O–H groups in total. The molecule has 2 heterocycles. The Bertz CT molecular complexity index is 509. The molecule has 20 heavy (non-hydrogen) atoms. The molecule has 3 rings (SSSR count). The monoisotopic (exact) mass is 273 g/mol. The standard InChI is InChI=1S/C15H19N3O2/c19-13-15(7-2-1-3-8-15)18(14(20)17-13)10-6-12-5-4-9-16-11-12/h4-5,9,11H,1-3,6-8,10H2,(H,17,19,20). The first-order valence-corrected chi connectivity index (χ1v) is 7.24. The van der Waals surface area contributed by atoms with Gasteiger partial charge < -0.3 is 4.90 Å². The van der Waals surface area contributed by atoms with E-state index in [2.05, 4.69) is 10.3 Å². The Balaban J connectivity index is 1.75. The van der Waals surface area contributed by atoms with Crippen molar-refractivity contribution in [2.24, 2.45) is 0 Å². The van der Waals surface area contributed by atoms with Crippen LogP contribution in [0.2, 0.25) is 0 Å². The number of rotatable bonds is 3. The number of aromatic nitrogens is 1. The van der Waals surface area contributed by atoms with Gasteiger partial charge in [-0.15, -0.1) is 0 Å². The number of hydrogen-bond donors (Lipinski definition) is 1. The molecule has 0 atom stereocenters. The number of pyridine rings is 1. The van der Waals surface area contributed by atoms with E-state index in [0.717, 1.165) is 44.1 Å². The van der Waals surface area contributed by atoms with Crippen LogP contribution in [-0.2, 0) is 11.2 Å². The number of hydrogen-bond acceptors (Lipinski definition) is 3. The fourth-order valence-corrected chi connectivity index (χ4v) is 3.33. The summed E-state index contributed by atoms with van der Waals surface area (Å²) in [6.07, 6.45) is 9.04. The lowest BCUT2D eigenvalue weighted by molar-refractivity contribution is -0.128. The average molecular weight is 273 g/mol. The molecular formula is C15H19N3O2. The van der Waals surface area contributed by atoms with Crippen LogP contribution in [0.15, 0.2) is 24.5 Å². The second-order valence-corrected chi connectivity index (χ2v) is 5.61. The van der Waals surface area contributed by atoms with Crippen molar-refractivity contribution in [2.45, 2.75) is 44.1 Å². The van der Waals surface area contributed by atoms with Gasteiger partial charge in [-0.2, -0.15) is 0 Å². The molecule has 1 saturated heterocycles. The molecule has 3 amide bonds. The zero-order chi connectivity index (χ0) is 14.0. The van der Waals surface area contributed by atoms with Gasteiger partial charge in [0, 0.05) is 18.9 Å². The molecule has 5 nitrogen and oxygen atoms in total. The minimum absolute atomic E-state index is 0.103. The quantitative estimate of drug-likeness (QED) is 0.855. The average Bonchev–Trinajstić information content (AvgIpc) is 2.70. The second-order valence-electron chi connectivity index (χ2n) is 5.61. The largest absolute Gasteiger partial charge is 0.325 e. The van der Waals surface area contributed by atoms with Gasteiger partial charge in [-0.05, 0) is 30.9 Å². The number of carbonyl (C=O) groups is 2. The van der Waals surface area contributed by atoms with Crippen LogP contribution in [0.3, 0.4) is 0 Å². The maximum atomic E-state index is 12.2. The fourth-order valence-electron chi connectivity index (χ4n) is 3.33. The summed E-state index contributed by atoms with van der Waals surface area (Å²) in [6, 6.07) is 3.65. The van der Waals surface area contributed by atoms with Gasteiger partial charge in [0.05, 0.1) is 0 Å². The lowest BCUT2D eigenvalue weighted by Gasteiger charge is -2.38. The molecule has 106 valence electrons. The smallest absolute Gasteiger partial charge is 0.309 e. The van der Waals surface area contributed by atoms with E-state index in [9.17, 15) is 9.59 Å². The van der Waals surface area contributed by atoms with Gasteiger partial charge in [0.15, 0.2) is 0 Å². The normalized spacial score (nSPS) is 21.3. The molecular weight excluding hydrogens is 254 g/mol. The molecule has 0 radical (unpaired) electrons. The predicted molar refractivity (Wildman–Crippen MR) is 74.0 cm³/mol. The first-order valence-electron chi connectivity index (χ1n) is 7.24. The topological polar surface area (TPSA) is 62.3 Å². The maximum absolute atomic E-state index is 12.2. The summed E-state index contributed by atoms with van der Waals surface area (Å²) >= 11 is 0. The number of imide groups is 1. The molecule has 1 spiro atoms. The van der Waals surface area contributed by atoms with E-state index in [1.165, 1.54) is 0 Å². The minimum Gasteiger partial charge on any atom is -0.309 e. The highest BCUT2D eigenvalue weighted by atomic mass is 16.2. The van der Waals surface area contributed by atoms with E-state index in [0.29, 0.717) is 6.54 Å². The van der Waals surface area contributed by atoms with Crippen molar-refractivity contribution in [1.29, 1.82) is 0 Å². The van der Waals surface area contributed by atoms with Crippen LogP contribution in [0.25, 0.3) is 0 Å². The molecule has 1 aliphatic heterocycles. The molecule has 1 aromatic heterocycles. The van der Waals surface area contributed by atoms with E-state index in [1.54, 1.807) is 11.1 Å². The van der Waals surface area contributed by atoms with E-state index in [1.807, 2.05) is 18.3 Å². The van der Waals surface area contributed by atoms with Crippen molar-refractivity contribution in [1.82, 2.24) is 15.2 Å². The highest BCUT2D eigenvalue weighted by Gasteiger charge is 2.52. The number of amides is 3. The Kier molecular flexibility index (Phi) is 3.42. The van der Waals surface area contributed by atoms with Crippen molar-refractivity contribution in [3.63, 3.8) is 0 Å². The summed E-state index contributed by atoms with van der Waals surface area (Å²) in [6.45, 7) is 0.573. The lowest BCUT2D eigenvalue weighted by Crippen LogP contribution is -2.51. The van der Waals surface area contributed by atoms with Crippen LogP contribution in [0.1, 0.15) is 37.7 Å². The molecule has 5 heteroatoms. The summed E-state index contributed by atoms with van der Waals surface area (Å²) < 4.78 is 0. The maximum Gasteiger partial charge on any atom is 0.325 e. The Labute approximate surface area is 118 Å². The van der Waals surface area contributed by atoms with E-state index < -0.39 is 5.54 Å². The van der Waals surface area contributed by atoms with Crippen LogP contribution >= 0.6 is 0 Å². The zero-order valence-corrected chi connectivity index (χ0v) is 11.5. The Morgan fingerprint density at radius 3 is 2.75 bits per heavy atom. The third kappa shape index (κ3) is 2.17. The van der Waals surface area contributed by atoms with Gasteiger partial charge in [-0.3, -0.25) is 15.1 Å². The van der Waals surface area contributed by atoms with Crippen molar-refractivity contribution in [2.75, 3.05) is 6.54 Å². The fraction of sp³-hybridized carbons (Fsp3) is 0.533. The van der Waals surface area contributed by atoms with Gasteiger partial charge in [0.1, 0.15) is 5.54 Å². The first kappa shape index (κ1) is 13.1. The summed E-state index contributed by atoms with van der Waals surface area (Å²) in [5, 5.41) is 2.50. The number of carbonyl (C=O) groups excluding carboxylic acids is 2. The van der Waals surface area contributed by atoms with Crippen LogP contribution in [-0.4, -0.2) is 33.9 Å². The van der Waals surface area contributed by atoms with Crippen molar-refractivity contribution in [3.05, 3.63) is 30.1 Å². The summed E-state index contributed by atoms with van der Waals surface area (Å²) in [5.41, 5.74) is 0.503. The Morgan fingerprint density at radius 2 is 2.05 bits per heavy atom. The summed E-state index contributed by atoms with van der Waals surface area (Å²) in [7, 11) is 0. The molecule has 1 saturated carbocycles. The molecule has 0 unspecified atom stereocenters. The third-order valence-electron chi connectivity index (χ3n) is 4.43. The van der Waals surface area contributed by atoms with Gasteiger partial charge in [0.25, 0.3) is 5.91 Å². The highest BCUT2D eigenvalue weighted by Crippen LogP contribution is 2.37. The highest BCUT2D eigenvalue weighted by molar-refractivity contribution is 6.07. The van der Waals surface area contributed by atoms with Crippen LogP contribution in [0, 0.1) is 0 Å². The molecule has 1 aliphatic carbocycles. The molecule has 1 aromatic rings. The van der Waals surface area contributed by atoms with Gasteiger partial charge in [-0.25, -0.2) is 4.79 Å². The number of nitrogens with one attached hydrogen (secondary N) is 1. The zero-order valence-electron chi connectivity index (χ0n) is 11.5. The Hall–Kier alpha value is -1.91. The minimum atomic E-state index is -0.586. The number of urea groups is 1. The lowest BCUT2D eigenvalue weighted by atomic mass is 9.80. The second kappa shape index (κ2) is 5.23. The van der Waals surface area contributed by atoms with Crippen molar-refractivity contribution >= 4 is 11.9 Å². The molecule has 2 aliphatic rings. The molecule has 0 bridgehead atoms. The Morgan fingerprint density at radius 1 is 1.25 bits per heavy atom. The first-order chi connectivity index (χ1) is 9.72. The van der Waals surface area contributed by atoms with Crippen LogP contribution in [0.5, 0.6) is 0 Å². The van der Waals surface area contributed by atoms with E-state index in [-0.39, 0.29) is 11.9 Å². The van der Waals surface area contributed by atoms with Crippen molar-refractivity contribution < 1.29 is 9.59 Å². The van der Waals surface area contributed by atoms with Gasteiger partial charge in [-0.1, -0.05) is 25.3 Å².